The number of aryl methyl sites for hydroxylation is 1. The number of hydrogen-bond donors (Lipinski definition) is 0. The third-order valence-corrected chi connectivity index (χ3v) is 7.60. The molecule has 0 N–H and O–H groups in total. The van der Waals surface area contributed by atoms with E-state index in [1.54, 1.807) is 53.3 Å². The zero-order chi connectivity index (χ0) is 23.2. The van der Waals surface area contributed by atoms with E-state index in [4.69, 9.17) is 4.74 Å². The summed E-state index contributed by atoms with van der Waals surface area (Å²) in [5.74, 6) is 0.678. The normalized spacial score (nSPS) is 19.3. The van der Waals surface area contributed by atoms with Crippen LogP contribution in [-0.4, -0.2) is 36.1 Å². The van der Waals surface area contributed by atoms with Crippen molar-refractivity contribution >= 4 is 29.3 Å². The SMILES string of the molecule is COc1ccc(C(=O)N2CCS[C@@]23C(=O)N(Cc2ccc(F)cc2)c2ccc(C)cc23)cc1. The first-order valence-corrected chi connectivity index (χ1v) is 11.7. The van der Waals surface area contributed by atoms with Crippen molar-refractivity contribution in [2.75, 3.05) is 24.3 Å². The molecule has 3 aromatic carbocycles. The van der Waals surface area contributed by atoms with Gasteiger partial charge in [-0.05, 0) is 55.0 Å². The van der Waals surface area contributed by atoms with Crippen molar-refractivity contribution in [2.24, 2.45) is 0 Å². The smallest absolute Gasteiger partial charge is 0.268 e. The molecule has 0 aromatic heterocycles. The lowest BCUT2D eigenvalue weighted by atomic mass is 10.0. The van der Waals surface area contributed by atoms with Crippen molar-refractivity contribution in [1.29, 1.82) is 0 Å². The number of benzene rings is 3. The van der Waals surface area contributed by atoms with Gasteiger partial charge < -0.3 is 14.5 Å². The highest BCUT2D eigenvalue weighted by atomic mass is 32.2. The van der Waals surface area contributed by atoms with Crippen LogP contribution in [0.5, 0.6) is 5.75 Å². The van der Waals surface area contributed by atoms with Crippen molar-refractivity contribution in [3.05, 3.63) is 94.8 Å². The van der Waals surface area contributed by atoms with Gasteiger partial charge in [-0.1, -0.05) is 29.8 Å². The molecule has 5 rings (SSSR count). The molecular formula is C26H23FN2O3S. The number of ether oxygens (including phenoxy) is 1. The largest absolute Gasteiger partial charge is 0.497 e. The molecule has 1 spiro atoms. The molecule has 0 aliphatic carbocycles. The van der Waals surface area contributed by atoms with Crippen LogP contribution in [-0.2, 0) is 16.2 Å². The van der Waals surface area contributed by atoms with Crippen LogP contribution in [0.15, 0.2) is 66.7 Å². The monoisotopic (exact) mass is 462 g/mol. The molecule has 3 aromatic rings. The average Bonchev–Trinajstić information content (AvgIpc) is 3.37. The summed E-state index contributed by atoms with van der Waals surface area (Å²) < 4.78 is 18.6. The molecule has 33 heavy (non-hydrogen) atoms. The Kier molecular flexibility index (Phi) is 5.37. The first-order chi connectivity index (χ1) is 15.9. The number of fused-ring (bicyclic) bond motifs is 2. The number of rotatable bonds is 4. The van der Waals surface area contributed by atoms with E-state index >= 15 is 0 Å². The minimum Gasteiger partial charge on any atom is -0.497 e. The van der Waals surface area contributed by atoms with E-state index in [0.717, 1.165) is 22.4 Å². The number of anilines is 1. The Morgan fingerprint density at radius 1 is 1.09 bits per heavy atom. The van der Waals surface area contributed by atoms with E-state index in [1.807, 2.05) is 25.1 Å². The van der Waals surface area contributed by atoms with Crippen molar-refractivity contribution < 1.29 is 18.7 Å². The summed E-state index contributed by atoms with van der Waals surface area (Å²) in [6.45, 7) is 2.76. The molecule has 2 heterocycles. The maximum atomic E-state index is 14.0. The summed E-state index contributed by atoms with van der Waals surface area (Å²) in [6, 6.07) is 19.0. The predicted molar refractivity (Wildman–Crippen MR) is 127 cm³/mol. The minimum atomic E-state index is -1.11. The van der Waals surface area contributed by atoms with Gasteiger partial charge in [-0.15, -0.1) is 11.8 Å². The predicted octanol–water partition coefficient (Wildman–Crippen LogP) is 4.73. The molecule has 1 fully saturated rings. The van der Waals surface area contributed by atoms with Crippen LogP contribution < -0.4 is 9.64 Å². The van der Waals surface area contributed by atoms with Crippen molar-refractivity contribution in [1.82, 2.24) is 4.90 Å². The molecule has 0 bridgehead atoms. The van der Waals surface area contributed by atoms with Gasteiger partial charge in [0, 0.05) is 23.4 Å². The third kappa shape index (κ3) is 3.47. The number of carbonyl (C=O) groups excluding carboxylic acids is 2. The third-order valence-electron chi connectivity index (χ3n) is 6.18. The van der Waals surface area contributed by atoms with E-state index in [0.29, 0.717) is 30.2 Å². The number of amides is 2. The molecule has 2 aliphatic rings. The van der Waals surface area contributed by atoms with Crippen LogP contribution in [0.25, 0.3) is 0 Å². The maximum Gasteiger partial charge on any atom is 0.268 e. The van der Waals surface area contributed by atoms with Crippen molar-refractivity contribution in [3.8, 4) is 5.75 Å². The van der Waals surface area contributed by atoms with E-state index in [-0.39, 0.29) is 17.6 Å². The molecule has 2 amide bonds. The first kappa shape index (κ1) is 21.5. The lowest BCUT2D eigenvalue weighted by Crippen LogP contribution is -2.50. The van der Waals surface area contributed by atoms with Gasteiger partial charge in [0.1, 0.15) is 11.6 Å². The fourth-order valence-electron chi connectivity index (χ4n) is 4.55. The van der Waals surface area contributed by atoms with E-state index < -0.39 is 4.87 Å². The minimum absolute atomic E-state index is 0.142. The fourth-order valence-corrected chi connectivity index (χ4v) is 6.00. The van der Waals surface area contributed by atoms with E-state index in [1.165, 1.54) is 23.9 Å². The maximum absolute atomic E-state index is 14.0. The molecule has 5 nitrogen and oxygen atoms in total. The Labute approximate surface area is 196 Å². The van der Waals surface area contributed by atoms with Gasteiger partial charge >= 0.3 is 0 Å². The van der Waals surface area contributed by atoms with Crippen LogP contribution in [0, 0.1) is 12.7 Å². The zero-order valence-corrected chi connectivity index (χ0v) is 19.2. The molecule has 0 saturated carbocycles. The summed E-state index contributed by atoms with van der Waals surface area (Å²) in [7, 11) is 1.58. The highest BCUT2D eigenvalue weighted by molar-refractivity contribution is 8.01. The second kappa shape index (κ2) is 8.23. The first-order valence-electron chi connectivity index (χ1n) is 10.7. The summed E-state index contributed by atoms with van der Waals surface area (Å²) in [5.41, 5.74) is 3.98. The number of methoxy groups -OCH3 is 1. The van der Waals surface area contributed by atoms with Gasteiger partial charge in [0.15, 0.2) is 4.87 Å². The Balaban J connectivity index is 1.56. The average molecular weight is 463 g/mol. The Morgan fingerprint density at radius 3 is 2.52 bits per heavy atom. The molecule has 1 atom stereocenters. The topological polar surface area (TPSA) is 49.9 Å². The van der Waals surface area contributed by atoms with Gasteiger partial charge in [-0.3, -0.25) is 9.59 Å². The molecule has 0 radical (unpaired) electrons. The molecule has 168 valence electrons. The Bertz CT molecular complexity index is 1230. The summed E-state index contributed by atoms with van der Waals surface area (Å²) >= 11 is 1.50. The highest BCUT2D eigenvalue weighted by Crippen LogP contribution is 2.55. The van der Waals surface area contributed by atoms with Gasteiger partial charge in [0.05, 0.1) is 19.3 Å². The fraction of sp³-hybridized carbons (Fsp3) is 0.231. The lowest BCUT2D eigenvalue weighted by molar-refractivity contribution is -0.123. The van der Waals surface area contributed by atoms with Crippen LogP contribution in [0.3, 0.4) is 0 Å². The quantitative estimate of drug-likeness (QED) is 0.563. The van der Waals surface area contributed by atoms with Crippen LogP contribution in [0.4, 0.5) is 10.1 Å². The molecule has 0 unspecified atom stereocenters. The molecular weight excluding hydrogens is 439 g/mol. The van der Waals surface area contributed by atoms with E-state index in [9.17, 15) is 14.0 Å². The van der Waals surface area contributed by atoms with Gasteiger partial charge in [-0.2, -0.15) is 0 Å². The summed E-state index contributed by atoms with van der Waals surface area (Å²) in [4.78, 5) is 29.9. The van der Waals surface area contributed by atoms with Gasteiger partial charge in [0.25, 0.3) is 11.8 Å². The standard InChI is InChI=1S/C26H23FN2O3S/c1-17-3-12-23-22(15-17)26(25(31)28(23)16-18-4-8-20(27)9-5-18)29(13-14-33-26)24(30)19-6-10-21(32-2)11-7-19/h3-12,15H,13-14,16H2,1-2H3/t26-/m0/s1. The molecule has 1 saturated heterocycles. The highest BCUT2D eigenvalue weighted by Gasteiger charge is 2.59. The zero-order valence-electron chi connectivity index (χ0n) is 18.4. The second-order valence-electron chi connectivity index (χ2n) is 8.22. The van der Waals surface area contributed by atoms with Gasteiger partial charge in [-0.25, -0.2) is 4.39 Å². The summed E-state index contributed by atoms with van der Waals surface area (Å²) in [5, 5.41) is 0. The van der Waals surface area contributed by atoms with E-state index in [2.05, 4.69) is 0 Å². The number of thioether (sulfide) groups is 1. The van der Waals surface area contributed by atoms with Crippen molar-refractivity contribution in [3.63, 3.8) is 0 Å². The Morgan fingerprint density at radius 2 is 1.82 bits per heavy atom. The molecule has 2 aliphatic heterocycles. The number of nitrogens with zero attached hydrogens (tertiary/aromatic N) is 2. The van der Waals surface area contributed by atoms with Crippen LogP contribution >= 0.6 is 11.8 Å². The number of halogens is 1. The van der Waals surface area contributed by atoms with Crippen molar-refractivity contribution in [2.45, 2.75) is 18.3 Å². The second-order valence-corrected chi connectivity index (χ2v) is 9.50. The number of hydrogen-bond acceptors (Lipinski definition) is 4. The molecule has 7 heteroatoms. The van der Waals surface area contributed by atoms with Gasteiger partial charge in [0.2, 0.25) is 0 Å². The van der Waals surface area contributed by atoms with Crippen LogP contribution in [0.1, 0.15) is 27.0 Å². The Hall–Kier alpha value is -3.32. The summed E-state index contributed by atoms with van der Waals surface area (Å²) in [6.07, 6.45) is 0. The number of carbonyl (C=O) groups is 2. The van der Waals surface area contributed by atoms with Crippen LogP contribution in [0.2, 0.25) is 0 Å². The lowest BCUT2D eigenvalue weighted by Gasteiger charge is -2.33.